The Bertz CT molecular complexity index is 454. The fraction of sp³-hybridized carbons (Fsp3) is 0.600. The van der Waals surface area contributed by atoms with Crippen LogP contribution in [-0.2, 0) is 11.0 Å². The third-order valence-electron chi connectivity index (χ3n) is 3.92. The maximum absolute atomic E-state index is 10.1. The fourth-order valence-corrected chi connectivity index (χ4v) is 2.60. The van der Waals surface area contributed by atoms with Crippen LogP contribution in [0.2, 0.25) is 0 Å². The number of aromatic hydroxyl groups is 2. The first-order valence-corrected chi connectivity index (χ1v) is 6.56. The topological polar surface area (TPSA) is 52.5 Å². The highest BCUT2D eigenvalue weighted by molar-refractivity contribution is 5.52. The van der Waals surface area contributed by atoms with E-state index in [1.54, 1.807) is 6.07 Å². The summed E-state index contributed by atoms with van der Waals surface area (Å²) in [6.07, 6.45) is 2.07. The molecule has 0 amide bonds. The van der Waals surface area contributed by atoms with Crippen molar-refractivity contribution in [2.24, 2.45) is 0 Å². The van der Waals surface area contributed by atoms with Gasteiger partial charge >= 0.3 is 0 Å². The van der Waals surface area contributed by atoms with Crippen molar-refractivity contribution < 1.29 is 10.2 Å². The zero-order chi connectivity index (χ0) is 13.6. The molecule has 1 saturated heterocycles. The minimum Gasteiger partial charge on any atom is -0.504 e. The third kappa shape index (κ3) is 2.19. The summed E-state index contributed by atoms with van der Waals surface area (Å²) < 4.78 is 0. The van der Waals surface area contributed by atoms with Crippen molar-refractivity contribution in [1.29, 1.82) is 0 Å². The molecule has 1 unspecified atom stereocenters. The average Bonchev–Trinajstić information content (AvgIpc) is 2.68. The molecule has 0 aliphatic carbocycles. The summed E-state index contributed by atoms with van der Waals surface area (Å²) in [6, 6.07) is 3.69. The van der Waals surface area contributed by atoms with Crippen LogP contribution in [0.4, 0.5) is 0 Å². The molecule has 0 spiro atoms. The van der Waals surface area contributed by atoms with Crippen molar-refractivity contribution in [2.45, 2.75) is 51.5 Å². The SMILES string of the molecule is CC(C)(C)c1cc(O)c(O)c(C2(C)CCCN2)c1. The van der Waals surface area contributed by atoms with Crippen molar-refractivity contribution in [2.75, 3.05) is 6.54 Å². The molecule has 1 aliphatic rings. The zero-order valence-corrected chi connectivity index (χ0v) is 11.7. The first-order valence-electron chi connectivity index (χ1n) is 6.56. The quantitative estimate of drug-likeness (QED) is 0.671. The van der Waals surface area contributed by atoms with E-state index in [4.69, 9.17) is 0 Å². The van der Waals surface area contributed by atoms with Crippen LogP contribution in [-0.4, -0.2) is 16.8 Å². The molecular formula is C15H23NO2. The molecular weight excluding hydrogens is 226 g/mol. The highest BCUT2D eigenvalue weighted by atomic mass is 16.3. The molecule has 1 atom stereocenters. The van der Waals surface area contributed by atoms with Crippen LogP contribution in [0, 0.1) is 0 Å². The fourth-order valence-electron chi connectivity index (χ4n) is 2.60. The molecule has 3 nitrogen and oxygen atoms in total. The minimum atomic E-state index is -0.233. The highest BCUT2D eigenvalue weighted by Crippen LogP contribution is 2.42. The summed E-state index contributed by atoms with van der Waals surface area (Å²) in [4.78, 5) is 0. The summed E-state index contributed by atoms with van der Waals surface area (Å²) in [6.45, 7) is 9.35. The number of nitrogens with one attached hydrogen (secondary N) is 1. The second-order valence-electron chi connectivity index (χ2n) is 6.50. The predicted octanol–water partition coefficient (Wildman–Crippen LogP) is 2.99. The normalized spacial score (nSPS) is 24.4. The highest BCUT2D eigenvalue weighted by Gasteiger charge is 2.34. The van der Waals surface area contributed by atoms with Crippen LogP contribution >= 0.6 is 0 Å². The lowest BCUT2D eigenvalue weighted by Crippen LogP contribution is -2.33. The first kappa shape index (κ1) is 13.2. The molecule has 1 heterocycles. The smallest absolute Gasteiger partial charge is 0.162 e. The second-order valence-corrected chi connectivity index (χ2v) is 6.50. The molecule has 1 aromatic rings. The van der Waals surface area contributed by atoms with Gasteiger partial charge in [-0.2, -0.15) is 0 Å². The predicted molar refractivity (Wildman–Crippen MR) is 73.1 cm³/mol. The van der Waals surface area contributed by atoms with E-state index in [0.717, 1.165) is 30.5 Å². The minimum absolute atomic E-state index is 0.0138. The van der Waals surface area contributed by atoms with Crippen molar-refractivity contribution >= 4 is 0 Å². The third-order valence-corrected chi connectivity index (χ3v) is 3.92. The Kier molecular flexibility index (Phi) is 3.06. The Labute approximate surface area is 109 Å². The van der Waals surface area contributed by atoms with Crippen molar-refractivity contribution in [3.05, 3.63) is 23.3 Å². The summed E-state index contributed by atoms with van der Waals surface area (Å²) in [7, 11) is 0. The lowest BCUT2D eigenvalue weighted by Gasteiger charge is -2.29. The number of hydrogen-bond acceptors (Lipinski definition) is 3. The molecule has 1 aliphatic heterocycles. The van der Waals surface area contributed by atoms with Crippen LogP contribution in [0.25, 0.3) is 0 Å². The van der Waals surface area contributed by atoms with E-state index in [2.05, 4.69) is 33.0 Å². The van der Waals surface area contributed by atoms with E-state index in [0.29, 0.717) is 0 Å². The van der Waals surface area contributed by atoms with Gasteiger partial charge in [-0.3, -0.25) is 0 Å². The van der Waals surface area contributed by atoms with Crippen LogP contribution in [0.1, 0.15) is 51.7 Å². The molecule has 0 saturated carbocycles. The molecule has 18 heavy (non-hydrogen) atoms. The molecule has 1 aromatic carbocycles. The number of benzene rings is 1. The Hall–Kier alpha value is -1.22. The van der Waals surface area contributed by atoms with Crippen LogP contribution in [0.3, 0.4) is 0 Å². The van der Waals surface area contributed by atoms with Crippen LogP contribution < -0.4 is 5.32 Å². The maximum atomic E-state index is 10.1. The molecule has 2 rings (SSSR count). The molecule has 0 aromatic heterocycles. The number of phenolic OH excluding ortho intramolecular Hbond substituents is 2. The largest absolute Gasteiger partial charge is 0.504 e. The summed E-state index contributed by atoms with van der Waals surface area (Å²) in [5.74, 6) is -0.00718. The van der Waals surface area contributed by atoms with Gasteiger partial charge in [0.15, 0.2) is 11.5 Å². The van der Waals surface area contributed by atoms with Crippen LogP contribution in [0.15, 0.2) is 12.1 Å². The Morgan fingerprint density at radius 1 is 1.22 bits per heavy atom. The average molecular weight is 249 g/mol. The van der Waals surface area contributed by atoms with Crippen molar-refractivity contribution in [3.8, 4) is 11.5 Å². The molecule has 0 radical (unpaired) electrons. The van der Waals surface area contributed by atoms with E-state index in [1.165, 1.54) is 0 Å². The maximum Gasteiger partial charge on any atom is 0.162 e. The van der Waals surface area contributed by atoms with Crippen molar-refractivity contribution in [1.82, 2.24) is 5.32 Å². The van der Waals surface area contributed by atoms with Gasteiger partial charge in [-0.1, -0.05) is 20.8 Å². The first-order chi connectivity index (χ1) is 8.24. The monoisotopic (exact) mass is 249 g/mol. The molecule has 0 bridgehead atoms. The van der Waals surface area contributed by atoms with Gasteiger partial charge in [0, 0.05) is 11.1 Å². The van der Waals surface area contributed by atoms with Crippen molar-refractivity contribution in [3.63, 3.8) is 0 Å². The van der Waals surface area contributed by atoms with E-state index in [1.807, 2.05) is 6.07 Å². The summed E-state index contributed by atoms with van der Waals surface area (Å²) in [5.41, 5.74) is 1.57. The molecule has 100 valence electrons. The van der Waals surface area contributed by atoms with Crippen LogP contribution in [0.5, 0.6) is 11.5 Å². The Morgan fingerprint density at radius 2 is 1.89 bits per heavy atom. The number of rotatable bonds is 1. The summed E-state index contributed by atoms with van der Waals surface area (Å²) in [5, 5.41) is 23.5. The van der Waals surface area contributed by atoms with Gasteiger partial charge in [-0.25, -0.2) is 0 Å². The van der Waals surface area contributed by atoms with E-state index in [-0.39, 0.29) is 22.5 Å². The van der Waals surface area contributed by atoms with E-state index in [9.17, 15) is 10.2 Å². The van der Waals surface area contributed by atoms with E-state index >= 15 is 0 Å². The lowest BCUT2D eigenvalue weighted by molar-refractivity contribution is 0.363. The van der Waals surface area contributed by atoms with Gasteiger partial charge in [0.2, 0.25) is 0 Å². The van der Waals surface area contributed by atoms with Gasteiger partial charge < -0.3 is 15.5 Å². The molecule has 3 heteroatoms. The second kappa shape index (κ2) is 4.16. The van der Waals surface area contributed by atoms with Gasteiger partial charge in [0.1, 0.15) is 0 Å². The lowest BCUT2D eigenvalue weighted by atomic mass is 9.81. The Balaban J connectivity index is 2.56. The molecule has 1 fully saturated rings. The van der Waals surface area contributed by atoms with Gasteiger partial charge in [0.05, 0.1) is 0 Å². The number of phenols is 2. The number of hydrogen-bond donors (Lipinski definition) is 3. The Morgan fingerprint density at radius 3 is 2.39 bits per heavy atom. The molecule has 3 N–H and O–H groups in total. The zero-order valence-electron chi connectivity index (χ0n) is 11.7. The van der Waals surface area contributed by atoms with Gasteiger partial charge in [-0.05, 0) is 49.4 Å². The van der Waals surface area contributed by atoms with E-state index < -0.39 is 0 Å². The van der Waals surface area contributed by atoms with Gasteiger partial charge in [0.25, 0.3) is 0 Å². The van der Waals surface area contributed by atoms with Gasteiger partial charge in [-0.15, -0.1) is 0 Å². The standard InChI is InChI=1S/C15H23NO2/c1-14(2,3)10-8-11(13(18)12(17)9-10)15(4)6-5-7-16-15/h8-9,16-18H,5-7H2,1-4H3. The summed E-state index contributed by atoms with van der Waals surface area (Å²) >= 11 is 0.